The molecular formula is C18H36O7. The summed E-state index contributed by atoms with van der Waals surface area (Å²) in [4.78, 5) is 40.1. The van der Waals surface area contributed by atoms with Gasteiger partial charge in [-0.2, -0.15) is 9.78 Å². The molecule has 7 heteroatoms. The molecule has 0 saturated heterocycles. The summed E-state index contributed by atoms with van der Waals surface area (Å²) in [5.74, 6) is -0.867. The van der Waals surface area contributed by atoms with Crippen molar-refractivity contribution in [2.24, 2.45) is 5.92 Å². The topological polar surface area (TPSA) is 80.3 Å². The number of unbranched alkanes of at least 4 members (excludes halogenated alkanes) is 1. The molecule has 0 rings (SSSR count). The Hall–Kier alpha value is -1.18. The minimum Gasteiger partial charge on any atom is -0.298 e. The van der Waals surface area contributed by atoms with Crippen LogP contribution in [0.1, 0.15) is 88.0 Å². The summed E-state index contributed by atoms with van der Waals surface area (Å²) >= 11 is 0. The highest BCUT2D eigenvalue weighted by atomic mass is 17.5. The summed E-state index contributed by atoms with van der Waals surface area (Å²) in [7, 11) is 0. The zero-order valence-corrected chi connectivity index (χ0v) is 17.3. The van der Waals surface area contributed by atoms with Crippen LogP contribution in [0.2, 0.25) is 0 Å². The third kappa shape index (κ3) is 20.8. The SMILES string of the molecule is CC(=O)OOC(C)(C)C.CCCCC(CC)C(=O)OOOC(C)(C)C. The Bertz CT molecular complexity index is 367. The zero-order valence-electron chi connectivity index (χ0n) is 17.3. The fraction of sp³-hybridized carbons (Fsp3) is 0.889. The van der Waals surface area contributed by atoms with Gasteiger partial charge in [-0.3, -0.25) is 9.78 Å². The molecule has 0 heterocycles. The van der Waals surface area contributed by atoms with Crippen LogP contribution in [0.25, 0.3) is 0 Å². The van der Waals surface area contributed by atoms with Crippen LogP contribution in [-0.4, -0.2) is 23.1 Å². The van der Waals surface area contributed by atoms with Gasteiger partial charge in [0.05, 0.1) is 11.5 Å². The Labute approximate surface area is 152 Å². The van der Waals surface area contributed by atoms with Gasteiger partial charge in [0.2, 0.25) is 0 Å². The van der Waals surface area contributed by atoms with Crippen molar-refractivity contribution in [3.05, 3.63) is 0 Å². The maximum absolute atomic E-state index is 11.5. The standard InChI is InChI=1S/C12H24O4.C6H12O3/c1-6-8-9-10(7-2)11(13)14-16-15-12(3,4)5;1-5(7)8-9-6(2,3)4/h10H,6-9H2,1-5H3;1-4H3. The Balaban J connectivity index is 0. The van der Waals surface area contributed by atoms with Crippen LogP contribution in [0, 0.1) is 5.92 Å². The normalized spacial score (nSPS) is 12.7. The van der Waals surface area contributed by atoms with Crippen molar-refractivity contribution in [3.63, 3.8) is 0 Å². The number of hydrogen-bond acceptors (Lipinski definition) is 7. The summed E-state index contributed by atoms with van der Waals surface area (Å²) in [5, 5.41) is 4.47. The number of rotatable bonds is 8. The molecule has 0 N–H and O–H groups in total. The third-order valence-corrected chi connectivity index (χ3v) is 2.54. The van der Waals surface area contributed by atoms with Crippen LogP contribution in [-0.2, 0) is 34.2 Å². The van der Waals surface area contributed by atoms with Crippen LogP contribution in [0.5, 0.6) is 0 Å². The fourth-order valence-corrected chi connectivity index (χ4v) is 1.34. The van der Waals surface area contributed by atoms with Crippen LogP contribution < -0.4 is 0 Å². The lowest BCUT2D eigenvalue weighted by molar-refractivity contribution is -0.515. The highest BCUT2D eigenvalue weighted by Gasteiger charge is 2.20. The summed E-state index contributed by atoms with van der Waals surface area (Å²) in [6.07, 6.45) is 3.69. The highest BCUT2D eigenvalue weighted by Crippen LogP contribution is 2.15. The van der Waals surface area contributed by atoms with Gasteiger partial charge in [0.15, 0.2) is 0 Å². The molecule has 1 atom stereocenters. The Morgan fingerprint density at radius 2 is 1.40 bits per heavy atom. The highest BCUT2D eigenvalue weighted by molar-refractivity contribution is 5.71. The first-order chi connectivity index (χ1) is 11.3. The fourth-order valence-electron chi connectivity index (χ4n) is 1.34. The van der Waals surface area contributed by atoms with Crippen molar-refractivity contribution in [1.29, 1.82) is 0 Å². The first-order valence-corrected chi connectivity index (χ1v) is 8.74. The minimum absolute atomic E-state index is 0.0940. The molecule has 25 heavy (non-hydrogen) atoms. The molecule has 0 amide bonds. The molecule has 0 aromatic carbocycles. The molecule has 0 bridgehead atoms. The van der Waals surface area contributed by atoms with Gasteiger partial charge in [0.1, 0.15) is 5.60 Å². The van der Waals surface area contributed by atoms with Gasteiger partial charge >= 0.3 is 11.9 Å². The Morgan fingerprint density at radius 3 is 1.72 bits per heavy atom. The summed E-state index contributed by atoms with van der Waals surface area (Å²) in [6, 6.07) is 0. The number of carbonyl (C=O) groups is 2. The predicted octanol–water partition coefficient (Wildman–Crippen LogP) is 4.69. The van der Waals surface area contributed by atoms with E-state index in [1.165, 1.54) is 6.92 Å². The van der Waals surface area contributed by atoms with Gasteiger partial charge in [-0.15, -0.1) is 0 Å². The predicted molar refractivity (Wildman–Crippen MR) is 93.9 cm³/mol. The molecule has 0 aromatic heterocycles. The van der Waals surface area contributed by atoms with E-state index in [9.17, 15) is 9.59 Å². The van der Waals surface area contributed by atoms with Gasteiger partial charge in [-0.05, 0) is 59.4 Å². The van der Waals surface area contributed by atoms with E-state index in [1.54, 1.807) is 20.8 Å². The van der Waals surface area contributed by atoms with E-state index < -0.39 is 17.2 Å². The zero-order chi connectivity index (χ0) is 20.1. The smallest absolute Gasteiger partial charge is 0.298 e. The molecule has 0 aliphatic carbocycles. The van der Waals surface area contributed by atoms with Crippen LogP contribution in [0.4, 0.5) is 0 Å². The van der Waals surface area contributed by atoms with E-state index in [2.05, 4.69) is 26.6 Å². The average Bonchev–Trinajstić information content (AvgIpc) is 2.44. The molecule has 0 spiro atoms. The molecular weight excluding hydrogens is 328 g/mol. The first kappa shape index (κ1) is 26.1. The summed E-state index contributed by atoms with van der Waals surface area (Å²) in [5.41, 5.74) is -0.892. The lowest BCUT2D eigenvalue weighted by Gasteiger charge is -2.17. The van der Waals surface area contributed by atoms with E-state index in [-0.39, 0.29) is 11.9 Å². The molecule has 150 valence electrons. The molecule has 0 aromatic rings. The Morgan fingerprint density at radius 1 is 0.880 bits per heavy atom. The average molecular weight is 364 g/mol. The van der Waals surface area contributed by atoms with Gasteiger partial charge in [-0.1, -0.05) is 26.7 Å². The second-order valence-electron chi connectivity index (χ2n) is 7.68. The van der Waals surface area contributed by atoms with E-state index in [0.717, 1.165) is 25.7 Å². The molecule has 0 aliphatic heterocycles. The van der Waals surface area contributed by atoms with Crippen molar-refractivity contribution in [2.45, 2.75) is 99.2 Å². The molecule has 0 fully saturated rings. The van der Waals surface area contributed by atoms with E-state index in [0.29, 0.717) is 0 Å². The number of carbonyl (C=O) groups excluding carboxylic acids is 2. The first-order valence-electron chi connectivity index (χ1n) is 8.74. The van der Waals surface area contributed by atoms with E-state index in [4.69, 9.17) is 4.89 Å². The summed E-state index contributed by atoms with van der Waals surface area (Å²) in [6.45, 7) is 16.2. The molecule has 0 saturated carbocycles. The largest absolute Gasteiger partial charge is 0.348 e. The van der Waals surface area contributed by atoms with Crippen LogP contribution in [0.3, 0.4) is 0 Å². The van der Waals surface area contributed by atoms with E-state index in [1.807, 2.05) is 27.7 Å². The lowest BCUT2D eigenvalue weighted by Crippen LogP contribution is -2.23. The van der Waals surface area contributed by atoms with Crippen molar-refractivity contribution >= 4 is 11.9 Å². The summed E-state index contributed by atoms with van der Waals surface area (Å²) < 4.78 is 0. The second kappa shape index (κ2) is 13.1. The monoisotopic (exact) mass is 364 g/mol. The second-order valence-corrected chi connectivity index (χ2v) is 7.68. The lowest BCUT2D eigenvalue weighted by atomic mass is 10.00. The quantitative estimate of drug-likeness (QED) is 0.456. The van der Waals surface area contributed by atoms with Crippen molar-refractivity contribution in [3.8, 4) is 0 Å². The molecule has 0 aliphatic rings. The van der Waals surface area contributed by atoms with Crippen molar-refractivity contribution in [2.75, 3.05) is 0 Å². The van der Waals surface area contributed by atoms with Crippen molar-refractivity contribution < 1.29 is 34.2 Å². The number of hydrogen-bond donors (Lipinski definition) is 0. The van der Waals surface area contributed by atoms with Gasteiger partial charge < -0.3 is 0 Å². The maximum Gasteiger partial charge on any atom is 0.348 e. The minimum atomic E-state index is -0.481. The maximum atomic E-state index is 11.5. The van der Waals surface area contributed by atoms with Crippen LogP contribution in [0.15, 0.2) is 0 Å². The van der Waals surface area contributed by atoms with E-state index >= 15 is 0 Å². The molecule has 7 nitrogen and oxygen atoms in total. The Kier molecular flexibility index (Phi) is 13.6. The van der Waals surface area contributed by atoms with Gasteiger partial charge in [0, 0.05) is 6.92 Å². The molecule has 0 radical (unpaired) electrons. The molecule has 1 unspecified atom stereocenters. The van der Waals surface area contributed by atoms with Gasteiger partial charge in [0.25, 0.3) is 0 Å². The van der Waals surface area contributed by atoms with Crippen molar-refractivity contribution in [1.82, 2.24) is 0 Å². The van der Waals surface area contributed by atoms with Crippen LogP contribution >= 0.6 is 0 Å². The third-order valence-electron chi connectivity index (χ3n) is 2.54. The van der Waals surface area contributed by atoms with Gasteiger partial charge in [-0.25, -0.2) is 9.59 Å².